The number of hydrogen-bond donors (Lipinski definition) is 1. The lowest BCUT2D eigenvalue weighted by atomic mass is 9.76. The normalized spacial score (nSPS) is 20.1. The van der Waals surface area contributed by atoms with Gasteiger partial charge in [-0.3, -0.25) is 4.79 Å². The van der Waals surface area contributed by atoms with E-state index in [0.29, 0.717) is 0 Å². The number of methoxy groups -OCH3 is 1. The van der Waals surface area contributed by atoms with Crippen LogP contribution in [0.3, 0.4) is 0 Å². The van der Waals surface area contributed by atoms with Crippen molar-refractivity contribution in [3.63, 3.8) is 0 Å². The van der Waals surface area contributed by atoms with Gasteiger partial charge in [-0.15, -0.1) is 0 Å². The maximum absolute atomic E-state index is 12.4. The second-order valence-electron chi connectivity index (χ2n) is 5.54. The van der Waals surface area contributed by atoms with Crippen molar-refractivity contribution in [2.45, 2.75) is 19.9 Å². The zero-order valence-corrected chi connectivity index (χ0v) is 11.8. The fourth-order valence-electron chi connectivity index (χ4n) is 2.76. The molecule has 20 heavy (non-hydrogen) atoms. The molecular formula is C15H17N3O2. The third-order valence-corrected chi connectivity index (χ3v) is 3.90. The molecule has 0 saturated carbocycles. The molecule has 1 N–H and O–H groups in total. The van der Waals surface area contributed by atoms with Crippen LogP contribution in [0.5, 0.6) is 5.75 Å². The highest BCUT2D eigenvalue weighted by molar-refractivity contribution is 5.99. The number of hydrogen-bond acceptors (Lipinski definition) is 3. The third-order valence-electron chi connectivity index (χ3n) is 3.90. The van der Waals surface area contributed by atoms with Crippen LogP contribution < -0.4 is 10.1 Å². The van der Waals surface area contributed by atoms with Crippen LogP contribution in [0, 0.1) is 5.41 Å². The molecule has 5 heteroatoms. The van der Waals surface area contributed by atoms with Crippen LogP contribution in [-0.2, 0) is 4.79 Å². The molecule has 1 atom stereocenters. The van der Waals surface area contributed by atoms with E-state index < -0.39 is 5.41 Å². The largest absolute Gasteiger partial charge is 0.497 e. The minimum Gasteiger partial charge on any atom is -0.497 e. The quantitative estimate of drug-likeness (QED) is 0.912. The van der Waals surface area contributed by atoms with Crippen LogP contribution in [0.2, 0.25) is 0 Å². The van der Waals surface area contributed by atoms with Gasteiger partial charge >= 0.3 is 0 Å². The van der Waals surface area contributed by atoms with Crippen molar-refractivity contribution >= 4 is 11.6 Å². The van der Waals surface area contributed by atoms with Gasteiger partial charge in [0.05, 0.1) is 24.9 Å². The van der Waals surface area contributed by atoms with Gasteiger partial charge in [0, 0.05) is 24.1 Å². The molecule has 1 aromatic carbocycles. The minimum absolute atomic E-state index is 0.00282. The van der Waals surface area contributed by atoms with Crippen molar-refractivity contribution in [3.8, 4) is 5.75 Å². The van der Waals surface area contributed by atoms with E-state index in [1.165, 1.54) is 0 Å². The number of carbonyl (C=O) groups is 1. The molecule has 0 aliphatic carbocycles. The number of aromatic nitrogens is 2. The molecule has 0 saturated heterocycles. The van der Waals surface area contributed by atoms with E-state index in [-0.39, 0.29) is 11.9 Å². The first kappa shape index (κ1) is 12.7. The van der Waals surface area contributed by atoms with Gasteiger partial charge in [-0.2, -0.15) is 0 Å². The van der Waals surface area contributed by atoms with E-state index in [1.807, 2.05) is 42.8 Å². The number of imidazole rings is 1. The van der Waals surface area contributed by atoms with Crippen molar-refractivity contribution in [2.24, 2.45) is 5.41 Å². The summed E-state index contributed by atoms with van der Waals surface area (Å²) in [4.78, 5) is 16.5. The second-order valence-corrected chi connectivity index (χ2v) is 5.54. The number of fused-ring (bicyclic) bond motifs is 1. The first-order valence-electron chi connectivity index (χ1n) is 6.51. The van der Waals surface area contributed by atoms with Gasteiger partial charge in [-0.05, 0) is 25.5 Å². The Bertz CT molecular complexity index is 647. The monoisotopic (exact) mass is 271 g/mol. The summed E-state index contributed by atoms with van der Waals surface area (Å²) in [5, 5.41) is 2.96. The zero-order valence-electron chi connectivity index (χ0n) is 11.8. The average molecular weight is 271 g/mol. The third kappa shape index (κ3) is 1.78. The number of nitrogens with zero attached hydrogens (tertiary/aromatic N) is 2. The molecular weight excluding hydrogens is 254 g/mol. The van der Waals surface area contributed by atoms with Gasteiger partial charge in [0.1, 0.15) is 5.75 Å². The molecule has 1 aliphatic heterocycles. The Balaban J connectivity index is 2.19. The average Bonchev–Trinajstić information content (AvgIpc) is 2.93. The van der Waals surface area contributed by atoms with Gasteiger partial charge in [0.2, 0.25) is 5.91 Å². The molecule has 2 heterocycles. The summed E-state index contributed by atoms with van der Waals surface area (Å²) in [5.41, 5.74) is 1.31. The molecule has 0 fully saturated rings. The van der Waals surface area contributed by atoms with Crippen molar-refractivity contribution in [3.05, 3.63) is 42.5 Å². The standard InChI is InChI=1S/C15H17N3O2/c1-15(2)13(18-7-6-16-9-18)11-5-4-10(20-3)8-12(11)17-14(15)19/h4-9,13H,1-3H3,(H,17,19). The Morgan fingerprint density at radius 2 is 2.20 bits per heavy atom. The molecule has 1 unspecified atom stereocenters. The van der Waals surface area contributed by atoms with Crippen LogP contribution in [-0.4, -0.2) is 22.6 Å². The van der Waals surface area contributed by atoms with Crippen LogP contribution in [0.25, 0.3) is 0 Å². The SMILES string of the molecule is COc1ccc2c(c1)NC(=O)C(C)(C)C2n1ccnc1. The smallest absolute Gasteiger partial charge is 0.232 e. The lowest BCUT2D eigenvalue weighted by Gasteiger charge is -2.39. The van der Waals surface area contributed by atoms with E-state index in [2.05, 4.69) is 10.3 Å². The molecule has 0 bridgehead atoms. The van der Waals surface area contributed by atoms with Crippen LogP contribution in [0.4, 0.5) is 5.69 Å². The fraction of sp³-hybridized carbons (Fsp3) is 0.333. The van der Waals surface area contributed by atoms with Crippen LogP contribution in [0.15, 0.2) is 36.9 Å². The van der Waals surface area contributed by atoms with Gasteiger partial charge in [0.25, 0.3) is 0 Å². The maximum atomic E-state index is 12.4. The van der Waals surface area contributed by atoms with E-state index in [0.717, 1.165) is 17.0 Å². The molecule has 1 aliphatic rings. The first-order chi connectivity index (χ1) is 9.54. The summed E-state index contributed by atoms with van der Waals surface area (Å²) >= 11 is 0. The predicted molar refractivity (Wildman–Crippen MR) is 75.8 cm³/mol. The molecule has 0 radical (unpaired) electrons. The molecule has 0 spiro atoms. The Hall–Kier alpha value is -2.30. The van der Waals surface area contributed by atoms with Crippen molar-refractivity contribution in [1.82, 2.24) is 9.55 Å². The van der Waals surface area contributed by atoms with Crippen molar-refractivity contribution in [2.75, 3.05) is 12.4 Å². The summed E-state index contributed by atoms with van der Waals surface area (Å²) in [7, 11) is 1.61. The highest BCUT2D eigenvalue weighted by atomic mass is 16.5. The molecule has 104 valence electrons. The molecule has 5 nitrogen and oxygen atoms in total. The highest BCUT2D eigenvalue weighted by Gasteiger charge is 2.43. The van der Waals surface area contributed by atoms with Gasteiger partial charge in [-0.1, -0.05) is 6.07 Å². The van der Waals surface area contributed by atoms with Gasteiger partial charge in [-0.25, -0.2) is 4.98 Å². The molecule has 3 rings (SSSR count). The summed E-state index contributed by atoms with van der Waals surface area (Å²) in [6, 6.07) is 5.68. The van der Waals surface area contributed by atoms with Crippen molar-refractivity contribution < 1.29 is 9.53 Å². The topological polar surface area (TPSA) is 56.1 Å². The summed E-state index contributed by atoms with van der Waals surface area (Å²) in [6.07, 6.45) is 5.36. The predicted octanol–water partition coefficient (Wildman–Crippen LogP) is 2.46. The maximum Gasteiger partial charge on any atom is 0.232 e. The van der Waals surface area contributed by atoms with Gasteiger partial charge < -0.3 is 14.6 Å². The van der Waals surface area contributed by atoms with E-state index in [1.54, 1.807) is 19.6 Å². The number of ether oxygens (including phenoxy) is 1. The van der Waals surface area contributed by atoms with Crippen LogP contribution in [0.1, 0.15) is 25.5 Å². The van der Waals surface area contributed by atoms with E-state index >= 15 is 0 Å². The number of anilines is 1. The van der Waals surface area contributed by atoms with Crippen molar-refractivity contribution in [1.29, 1.82) is 0 Å². The number of rotatable bonds is 2. The number of carbonyl (C=O) groups excluding carboxylic acids is 1. The fourth-order valence-corrected chi connectivity index (χ4v) is 2.76. The number of nitrogens with one attached hydrogen (secondary N) is 1. The zero-order chi connectivity index (χ0) is 14.3. The number of benzene rings is 1. The summed E-state index contributed by atoms with van der Waals surface area (Å²) in [6.45, 7) is 3.89. The summed E-state index contributed by atoms with van der Waals surface area (Å²) in [5.74, 6) is 0.727. The number of amides is 1. The Kier molecular flexibility index (Phi) is 2.78. The highest BCUT2D eigenvalue weighted by Crippen LogP contribution is 2.45. The lowest BCUT2D eigenvalue weighted by molar-refractivity contribution is -0.126. The van der Waals surface area contributed by atoms with Gasteiger partial charge in [0.15, 0.2) is 0 Å². The first-order valence-corrected chi connectivity index (χ1v) is 6.51. The Morgan fingerprint density at radius 3 is 2.85 bits per heavy atom. The van der Waals surface area contributed by atoms with Crippen LogP contribution >= 0.6 is 0 Å². The minimum atomic E-state index is -0.553. The summed E-state index contributed by atoms with van der Waals surface area (Å²) < 4.78 is 7.20. The lowest BCUT2D eigenvalue weighted by Crippen LogP contribution is -2.43. The Labute approximate surface area is 117 Å². The molecule has 2 aromatic rings. The second kappa shape index (κ2) is 4.37. The van der Waals surface area contributed by atoms with E-state index in [4.69, 9.17) is 4.74 Å². The van der Waals surface area contributed by atoms with E-state index in [9.17, 15) is 4.79 Å². The molecule has 1 aromatic heterocycles. The Morgan fingerprint density at radius 1 is 1.40 bits per heavy atom. The molecule has 1 amide bonds.